The fourth-order valence-corrected chi connectivity index (χ4v) is 1.49. The first kappa shape index (κ1) is 10.3. The molecular formula is C9H9N3O4. The summed E-state index contributed by atoms with van der Waals surface area (Å²) in [7, 11) is 0. The van der Waals surface area contributed by atoms with Gasteiger partial charge in [-0.2, -0.15) is 0 Å². The van der Waals surface area contributed by atoms with Crippen LogP contribution in [-0.4, -0.2) is 29.0 Å². The molecule has 1 aliphatic rings. The van der Waals surface area contributed by atoms with Crippen LogP contribution in [0.4, 0.5) is 11.6 Å². The van der Waals surface area contributed by atoms with Gasteiger partial charge in [0, 0.05) is 12.6 Å². The number of amides is 1. The Morgan fingerprint density at radius 1 is 1.62 bits per heavy atom. The lowest BCUT2D eigenvalue weighted by atomic mass is 10.3. The molecule has 0 N–H and O–H groups in total. The fourth-order valence-electron chi connectivity index (χ4n) is 1.49. The number of ether oxygens (including phenoxy) is 1. The smallest absolute Gasteiger partial charge is 0.366 e. The summed E-state index contributed by atoms with van der Waals surface area (Å²) in [6, 6.07) is 2.71. The number of carbonyl (C=O) groups excluding carboxylic acids is 1. The first-order valence-electron chi connectivity index (χ1n) is 4.72. The quantitative estimate of drug-likeness (QED) is 0.545. The van der Waals surface area contributed by atoms with Gasteiger partial charge >= 0.3 is 5.82 Å². The highest BCUT2D eigenvalue weighted by atomic mass is 16.6. The molecular weight excluding hydrogens is 214 g/mol. The average molecular weight is 223 g/mol. The van der Waals surface area contributed by atoms with Gasteiger partial charge in [0.05, 0.1) is 0 Å². The van der Waals surface area contributed by atoms with Gasteiger partial charge in [0.2, 0.25) is 0 Å². The zero-order chi connectivity index (χ0) is 11.7. The zero-order valence-corrected chi connectivity index (χ0v) is 8.54. The van der Waals surface area contributed by atoms with E-state index in [4.69, 9.17) is 4.74 Å². The lowest BCUT2D eigenvalue weighted by molar-refractivity contribution is -0.389. The van der Waals surface area contributed by atoms with E-state index in [2.05, 4.69) is 4.98 Å². The minimum Gasteiger partial charge on any atom is -0.477 e. The van der Waals surface area contributed by atoms with E-state index >= 15 is 0 Å². The minimum absolute atomic E-state index is 0.0552. The molecule has 0 spiro atoms. The molecule has 0 bridgehead atoms. The number of carbonyl (C=O) groups is 1. The summed E-state index contributed by atoms with van der Waals surface area (Å²) in [4.78, 5) is 26.6. The number of anilines is 1. The van der Waals surface area contributed by atoms with Gasteiger partial charge in [-0.1, -0.05) is 0 Å². The van der Waals surface area contributed by atoms with Gasteiger partial charge in [-0.05, 0) is 22.9 Å². The molecule has 7 heteroatoms. The average Bonchev–Trinajstić information content (AvgIpc) is 2.28. The number of aromatic nitrogens is 1. The lowest BCUT2D eigenvalue weighted by Gasteiger charge is -2.23. The molecule has 1 aromatic heterocycles. The predicted molar refractivity (Wildman–Crippen MR) is 54.4 cm³/mol. The highest BCUT2D eigenvalue weighted by molar-refractivity contribution is 5.96. The zero-order valence-electron chi connectivity index (χ0n) is 8.54. The third-order valence-electron chi connectivity index (χ3n) is 2.24. The van der Waals surface area contributed by atoms with Gasteiger partial charge in [0.15, 0.2) is 12.4 Å². The van der Waals surface area contributed by atoms with Crippen LogP contribution in [0.15, 0.2) is 12.1 Å². The Kier molecular flexibility index (Phi) is 2.43. The molecule has 1 aromatic rings. The molecule has 0 aliphatic carbocycles. The summed E-state index contributed by atoms with van der Waals surface area (Å²) >= 11 is 0. The maximum atomic E-state index is 11.5. The third kappa shape index (κ3) is 1.56. The van der Waals surface area contributed by atoms with Crippen molar-refractivity contribution in [2.24, 2.45) is 0 Å². The number of likely N-dealkylation sites (N-methyl/N-ethyl adjacent to an activating group) is 1. The molecule has 0 aromatic carbocycles. The highest BCUT2D eigenvalue weighted by Crippen LogP contribution is 2.31. The molecule has 0 atom stereocenters. The summed E-state index contributed by atoms with van der Waals surface area (Å²) < 4.78 is 5.13. The van der Waals surface area contributed by atoms with Gasteiger partial charge in [-0.3, -0.25) is 9.69 Å². The Hall–Kier alpha value is -2.18. The molecule has 0 saturated heterocycles. The Labute approximate surface area is 90.8 Å². The first-order valence-corrected chi connectivity index (χ1v) is 4.72. The van der Waals surface area contributed by atoms with E-state index < -0.39 is 4.92 Å². The van der Waals surface area contributed by atoms with E-state index in [1.807, 2.05) is 0 Å². The van der Waals surface area contributed by atoms with Crippen molar-refractivity contribution in [3.8, 4) is 5.75 Å². The third-order valence-corrected chi connectivity index (χ3v) is 2.24. The summed E-state index contributed by atoms with van der Waals surface area (Å²) in [6.07, 6.45) is 0. The molecule has 16 heavy (non-hydrogen) atoms. The Morgan fingerprint density at radius 3 is 3.00 bits per heavy atom. The van der Waals surface area contributed by atoms with Crippen LogP contribution in [0.2, 0.25) is 0 Å². The minimum atomic E-state index is -0.604. The molecule has 7 nitrogen and oxygen atoms in total. The Morgan fingerprint density at radius 2 is 2.38 bits per heavy atom. The van der Waals surface area contributed by atoms with Crippen LogP contribution in [0.5, 0.6) is 5.75 Å². The SMILES string of the molecule is CCN1C(=O)COc2ccc([N+](=O)[O-])nc21. The van der Waals surface area contributed by atoms with Crippen LogP contribution < -0.4 is 9.64 Å². The highest BCUT2D eigenvalue weighted by Gasteiger charge is 2.30. The Balaban J connectivity index is 2.49. The predicted octanol–water partition coefficient (Wildman–Crippen LogP) is 0.735. The second-order valence-electron chi connectivity index (χ2n) is 3.17. The van der Waals surface area contributed by atoms with Crippen LogP contribution in [0.25, 0.3) is 0 Å². The first-order chi connectivity index (χ1) is 7.63. The van der Waals surface area contributed by atoms with Crippen molar-refractivity contribution in [1.82, 2.24) is 4.98 Å². The molecule has 2 heterocycles. The van der Waals surface area contributed by atoms with Crippen LogP contribution in [-0.2, 0) is 4.79 Å². The molecule has 0 unspecified atom stereocenters. The van der Waals surface area contributed by atoms with Crippen molar-refractivity contribution in [2.45, 2.75) is 6.92 Å². The second kappa shape index (κ2) is 3.76. The van der Waals surface area contributed by atoms with Gasteiger partial charge < -0.3 is 14.9 Å². The number of fused-ring (bicyclic) bond motifs is 1. The van der Waals surface area contributed by atoms with E-state index in [-0.39, 0.29) is 24.1 Å². The summed E-state index contributed by atoms with van der Waals surface area (Å²) in [5, 5.41) is 10.6. The van der Waals surface area contributed by atoms with Gasteiger partial charge in [-0.25, -0.2) is 0 Å². The van der Waals surface area contributed by atoms with E-state index in [9.17, 15) is 14.9 Å². The van der Waals surface area contributed by atoms with Crippen molar-refractivity contribution in [1.29, 1.82) is 0 Å². The number of pyridine rings is 1. The van der Waals surface area contributed by atoms with Crippen LogP contribution in [0.3, 0.4) is 0 Å². The molecule has 1 aliphatic heterocycles. The molecule has 84 valence electrons. The van der Waals surface area contributed by atoms with Crippen LogP contribution in [0, 0.1) is 10.1 Å². The number of nitrogens with zero attached hydrogens (tertiary/aromatic N) is 3. The topological polar surface area (TPSA) is 85.6 Å². The maximum Gasteiger partial charge on any atom is 0.366 e. The lowest BCUT2D eigenvalue weighted by Crippen LogP contribution is -2.39. The van der Waals surface area contributed by atoms with Gasteiger partial charge in [0.25, 0.3) is 11.7 Å². The second-order valence-corrected chi connectivity index (χ2v) is 3.17. The van der Waals surface area contributed by atoms with E-state index in [0.717, 1.165) is 0 Å². The number of hydrogen-bond donors (Lipinski definition) is 0. The maximum absolute atomic E-state index is 11.5. The van der Waals surface area contributed by atoms with Crippen LogP contribution in [0.1, 0.15) is 6.92 Å². The van der Waals surface area contributed by atoms with Gasteiger partial charge in [-0.15, -0.1) is 0 Å². The van der Waals surface area contributed by atoms with Crippen molar-refractivity contribution in [3.63, 3.8) is 0 Å². The summed E-state index contributed by atoms with van der Waals surface area (Å²) in [6.45, 7) is 2.12. The van der Waals surface area contributed by atoms with Gasteiger partial charge in [0.1, 0.15) is 0 Å². The monoisotopic (exact) mass is 223 g/mol. The largest absolute Gasteiger partial charge is 0.477 e. The van der Waals surface area contributed by atoms with E-state index in [0.29, 0.717) is 12.3 Å². The molecule has 1 amide bonds. The van der Waals surface area contributed by atoms with E-state index in [1.54, 1.807) is 6.92 Å². The number of nitro groups is 1. The normalized spacial score (nSPS) is 14.3. The fraction of sp³-hybridized carbons (Fsp3) is 0.333. The van der Waals surface area contributed by atoms with Crippen LogP contribution >= 0.6 is 0 Å². The van der Waals surface area contributed by atoms with E-state index in [1.165, 1.54) is 17.0 Å². The van der Waals surface area contributed by atoms with Crippen molar-refractivity contribution in [3.05, 3.63) is 22.2 Å². The van der Waals surface area contributed by atoms with Crippen molar-refractivity contribution < 1.29 is 14.5 Å². The number of hydrogen-bond acceptors (Lipinski definition) is 5. The van der Waals surface area contributed by atoms with Crippen molar-refractivity contribution >= 4 is 17.5 Å². The Bertz CT molecular complexity index is 460. The molecule has 0 fully saturated rings. The molecule has 2 rings (SSSR count). The summed E-state index contributed by atoms with van der Waals surface area (Å²) in [5.41, 5.74) is 0. The summed E-state index contributed by atoms with van der Waals surface area (Å²) in [5.74, 6) is 0.0681. The standard InChI is InChI=1S/C9H9N3O4/c1-2-11-8(13)5-16-6-3-4-7(12(14)15)10-9(6)11/h3-4H,2,5H2,1H3. The molecule has 0 radical (unpaired) electrons. The number of rotatable bonds is 2. The van der Waals surface area contributed by atoms with Crippen molar-refractivity contribution in [2.75, 3.05) is 18.1 Å². The molecule has 0 saturated carbocycles.